The predicted molar refractivity (Wildman–Crippen MR) is 314 cm³/mol. The number of nitrogens with zero attached hydrogens (tertiary/aromatic N) is 1. The van der Waals surface area contributed by atoms with Gasteiger partial charge in [0, 0.05) is 51.1 Å². The van der Waals surface area contributed by atoms with E-state index in [2.05, 4.69) is 259 Å². The molecular formula is C70H53NS3. The van der Waals surface area contributed by atoms with Gasteiger partial charge in [0.15, 0.2) is 0 Å². The molecule has 0 atom stereocenters. The number of anilines is 3. The van der Waals surface area contributed by atoms with Crippen molar-refractivity contribution in [3.63, 3.8) is 0 Å². The van der Waals surface area contributed by atoms with Gasteiger partial charge in [-0.05, 0) is 155 Å². The summed E-state index contributed by atoms with van der Waals surface area (Å²) in [5.41, 5.74) is 21.0. The standard InChI is InChI=1S/C70H53NS3/c1-67(2,3)42-30-34-47-48-35-31-43(68(4,5)6)39-56(48)70(55(47)38-42)54-23-12-16-28-63(54)74-64-37-33-45(41-58(64)70)71(59-24-17-29-65-66(59)50-19-8-13-25-60(50)72-65)44-32-36-49-46-18-7-9-20-51(46)69(57(49)40-44)52-21-10-14-26-61(52)73-62-27-15-11-22-53(62)69/h7-41H,1-6H3. The van der Waals surface area contributed by atoms with Crippen LogP contribution < -0.4 is 4.90 Å². The second kappa shape index (κ2) is 15.7. The van der Waals surface area contributed by atoms with Gasteiger partial charge in [0.1, 0.15) is 0 Å². The SMILES string of the molecule is CC(C)(C)c1ccc2c(c1)C1(c3ccccc3Sc3ccc(N(c4ccc5c(c4)C4(c6ccccc6Sc6ccccc64)c4ccccc4-5)c4cccc5sc6ccccc6c45)cc31)c1cc(C(C)(C)C)ccc1-2. The first-order chi connectivity index (χ1) is 35.9. The van der Waals surface area contributed by atoms with Crippen molar-refractivity contribution in [2.45, 2.75) is 82.8 Å². The molecule has 4 heteroatoms. The molecule has 0 saturated carbocycles. The van der Waals surface area contributed by atoms with Crippen molar-refractivity contribution in [3.05, 3.63) is 268 Å². The van der Waals surface area contributed by atoms with E-state index in [9.17, 15) is 0 Å². The Morgan fingerprint density at radius 2 is 0.770 bits per heavy atom. The molecular weight excluding hydrogens is 951 g/mol. The topological polar surface area (TPSA) is 3.24 Å². The van der Waals surface area contributed by atoms with Crippen LogP contribution in [0.2, 0.25) is 0 Å². The molecule has 10 aromatic carbocycles. The second-order valence-corrected chi connectivity index (χ2v) is 26.0. The summed E-state index contributed by atoms with van der Waals surface area (Å²) in [5.74, 6) is 0. The van der Waals surface area contributed by atoms with Crippen LogP contribution in [-0.4, -0.2) is 0 Å². The Morgan fingerprint density at radius 3 is 1.36 bits per heavy atom. The van der Waals surface area contributed by atoms with Gasteiger partial charge in [-0.25, -0.2) is 0 Å². The van der Waals surface area contributed by atoms with E-state index < -0.39 is 10.8 Å². The minimum atomic E-state index is -0.579. The zero-order valence-electron chi connectivity index (χ0n) is 42.4. The van der Waals surface area contributed by atoms with E-state index in [1.54, 1.807) is 0 Å². The number of rotatable bonds is 3. The van der Waals surface area contributed by atoms with Gasteiger partial charge in [-0.3, -0.25) is 0 Å². The number of hydrogen-bond acceptors (Lipinski definition) is 4. The van der Waals surface area contributed by atoms with Crippen LogP contribution in [0.4, 0.5) is 17.1 Å². The van der Waals surface area contributed by atoms with E-state index in [-0.39, 0.29) is 10.8 Å². The maximum Gasteiger partial charge on any atom is 0.0736 e. The highest BCUT2D eigenvalue weighted by molar-refractivity contribution is 7.99. The number of hydrogen-bond donors (Lipinski definition) is 0. The fourth-order valence-electron chi connectivity index (χ4n) is 13.4. The molecule has 0 radical (unpaired) electrons. The summed E-state index contributed by atoms with van der Waals surface area (Å²) in [5, 5.41) is 2.57. The van der Waals surface area contributed by atoms with E-state index in [4.69, 9.17) is 0 Å². The van der Waals surface area contributed by atoms with Gasteiger partial charge in [0.25, 0.3) is 0 Å². The van der Waals surface area contributed by atoms with Crippen molar-refractivity contribution in [1.82, 2.24) is 0 Å². The summed E-state index contributed by atoms with van der Waals surface area (Å²) in [6.45, 7) is 14.1. The lowest BCUT2D eigenvalue weighted by Crippen LogP contribution is -2.33. The zero-order chi connectivity index (χ0) is 49.9. The maximum absolute atomic E-state index is 2.61. The molecule has 2 aliphatic heterocycles. The smallest absolute Gasteiger partial charge is 0.0736 e. The third-order valence-corrected chi connectivity index (χ3v) is 20.2. The largest absolute Gasteiger partial charge is 0.310 e. The van der Waals surface area contributed by atoms with Crippen molar-refractivity contribution in [3.8, 4) is 22.3 Å². The average molecular weight is 1000 g/mol. The monoisotopic (exact) mass is 1000 g/mol. The Labute approximate surface area is 447 Å². The maximum atomic E-state index is 2.61. The zero-order valence-corrected chi connectivity index (χ0v) is 44.8. The minimum absolute atomic E-state index is 0.0450. The van der Waals surface area contributed by atoms with Crippen molar-refractivity contribution in [1.29, 1.82) is 0 Å². The van der Waals surface area contributed by atoms with Crippen LogP contribution in [0, 0.1) is 0 Å². The normalized spacial score (nSPS) is 15.0. The molecule has 0 amide bonds. The first-order valence-electron chi connectivity index (χ1n) is 26.0. The molecule has 0 saturated heterocycles. The first kappa shape index (κ1) is 44.4. The van der Waals surface area contributed by atoms with Gasteiger partial charge in [0.2, 0.25) is 0 Å². The van der Waals surface area contributed by atoms with Crippen LogP contribution in [0.5, 0.6) is 0 Å². The van der Waals surface area contributed by atoms with E-state index >= 15 is 0 Å². The summed E-state index contributed by atoms with van der Waals surface area (Å²) in [7, 11) is 0. The fraction of sp³-hybridized carbons (Fsp3) is 0.143. The molecule has 2 spiro atoms. The van der Waals surface area contributed by atoms with Gasteiger partial charge in [-0.1, -0.05) is 211 Å². The highest BCUT2D eigenvalue weighted by atomic mass is 32.2. The fourth-order valence-corrected chi connectivity index (χ4v) is 16.8. The van der Waals surface area contributed by atoms with Crippen molar-refractivity contribution in [2.75, 3.05) is 4.90 Å². The molecule has 3 heterocycles. The van der Waals surface area contributed by atoms with Gasteiger partial charge in [-0.2, -0.15) is 0 Å². The van der Waals surface area contributed by atoms with Crippen LogP contribution in [0.1, 0.15) is 97.2 Å². The van der Waals surface area contributed by atoms with Crippen LogP contribution in [0.15, 0.2) is 232 Å². The van der Waals surface area contributed by atoms with Gasteiger partial charge in [0.05, 0.1) is 16.5 Å². The summed E-state index contributed by atoms with van der Waals surface area (Å²) in [4.78, 5) is 7.84. The Kier molecular flexibility index (Phi) is 9.44. The van der Waals surface area contributed by atoms with Gasteiger partial charge < -0.3 is 4.90 Å². The summed E-state index contributed by atoms with van der Waals surface area (Å²) < 4.78 is 2.58. The van der Waals surface area contributed by atoms with Crippen LogP contribution >= 0.6 is 34.9 Å². The van der Waals surface area contributed by atoms with E-state index in [1.165, 1.54) is 123 Å². The lowest BCUT2D eigenvalue weighted by atomic mass is 9.66. The first-order valence-corrected chi connectivity index (χ1v) is 28.4. The van der Waals surface area contributed by atoms with Crippen molar-refractivity contribution >= 4 is 72.1 Å². The highest BCUT2D eigenvalue weighted by Gasteiger charge is 2.53. The van der Waals surface area contributed by atoms with Gasteiger partial charge in [-0.15, -0.1) is 11.3 Å². The van der Waals surface area contributed by atoms with Gasteiger partial charge >= 0.3 is 0 Å². The number of thiophene rings is 1. The van der Waals surface area contributed by atoms with Crippen LogP contribution in [0.3, 0.4) is 0 Å². The van der Waals surface area contributed by atoms with Crippen LogP contribution in [0.25, 0.3) is 42.4 Å². The van der Waals surface area contributed by atoms with E-state index in [0.29, 0.717) is 0 Å². The number of fused-ring (bicyclic) bond motifs is 21. The quantitative estimate of drug-likeness (QED) is 0.174. The van der Waals surface area contributed by atoms with E-state index in [1.807, 2.05) is 34.9 Å². The minimum Gasteiger partial charge on any atom is -0.310 e. The van der Waals surface area contributed by atoms with Crippen LogP contribution in [-0.2, 0) is 21.7 Å². The lowest BCUT2D eigenvalue weighted by Gasteiger charge is -2.41. The molecule has 15 rings (SSSR count). The molecule has 74 heavy (non-hydrogen) atoms. The van der Waals surface area contributed by atoms with E-state index in [0.717, 1.165) is 11.4 Å². The molecule has 1 nitrogen and oxygen atoms in total. The molecule has 2 aliphatic carbocycles. The highest BCUT2D eigenvalue weighted by Crippen LogP contribution is 2.66. The summed E-state index contributed by atoms with van der Waals surface area (Å²) in [6.07, 6.45) is 0. The average Bonchev–Trinajstić information content (AvgIpc) is 4.15. The van der Waals surface area contributed by atoms with Crippen molar-refractivity contribution in [2.24, 2.45) is 0 Å². The second-order valence-electron chi connectivity index (χ2n) is 22.8. The molecule has 1 aromatic heterocycles. The summed E-state index contributed by atoms with van der Waals surface area (Å²) in [6, 6.07) is 82.3. The molecule has 0 N–H and O–H groups in total. The third-order valence-electron chi connectivity index (χ3n) is 16.7. The molecule has 11 aromatic rings. The Bertz CT molecular complexity index is 4090. The molecule has 0 fully saturated rings. The molecule has 4 aliphatic rings. The third kappa shape index (κ3) is 6.02. The molecule has 356 valence electrons. The Balaban J connectivity index is 1.05. The van der Waals surface area contributed by atoms with Crippen molar-refractivity contribution < 1.29 is 0 Å². The predicted octanol–water partition coefficient (Wildman–Crippen LogP) is 19.8. The summed E-state index contributed by atoms with van der Waals surface area (Å²) >= 11 is 5.71. The number of benzene rings is 10. The molecule has 0 unspecified atom stereocenters. The lowest BCUT2D eigenvalue weighted by molar-refractivity contribution is 0.585. The Hall–Kier alpha value is -7.08. The molecule has 0 bridgehead atoms. The Morgan fingerprint density at radius 1 is 0.338 bits per heavy atom.